The maximum absolute atomic E-state index is 12.0. The van der Waals surface area contributed by atoms with E-state index in [4.69, 9.17) is 9.47 Å². The van der Waals surface area contributed by atoms with Gasteiger partial charge in [-0.25, -0.2) is 0 Å². The quantitative estimate of drug-likeness (QED) is 0.611. The molecule has 0 saturated heterocycles. The molecule has 3 rings (SSSR count). The van der Waals surface area contributed by atoms with Gasteiger partial charge in [-0.3, -0.25) is 9.59 Å². The molecule has 0 radical (unpaired) electrons. The van der Waals surface area contributed by atoms with Gasteiger partial charge < -0.3 is 20.1 Å². The van der Waals surface area contributed by atoms with Crippen molar-refractivity contribution in [3.63, 3.8) is 0 Å². The molecule has 29 heavy (non-hydrogen) atoms. The fourth-order valence-electron chi connectivity index (χ4n) is 2.45. The molecule has 0 saturated carbocycles. The van der Waals surface area contributed by atoms with Crippen molar-refractivity contribution in [3.05, 3.63) is 84.4 Å². The SMILES string of the molecule is Cc1ccc(Oc2ccc(NC(=O)CNC(=O)COc3ccccc3)cc2)cc1. The first-order valence-corrected chi connectivity index (χ1v) is 9.17. The third kappa shape index (κ3) is 6.70. The Bertz CT molecular complexity index is 939. The number of amides is 2. The molecule has 148 valence electrons. The molecule has 0 aromatic heterocycles. The highest BCUT2D eigenvalue weighted by molar-refractivity contribution is 5.94. The number of hydrogen-bond donors (Lipinski definition) is 2. The smallest absolute Gasteiger partial charge is 0.258 e. The van der Waals surface area contributed by atoms with Gasteiger partial charge in [0.15, 0.2) is 6.61 Å². The van der Waals surface area contributed by atoms with Crippen molar-refractivity contribution in [1.29, 1.82) is 0 Å². The molecule has 0 spiro atoms. The summed E-state index contributed by atoms with van der Waals surface area (Å²) < 4.78 is 11.1. The number of anilines is 1. The molecule has 0 aliphatic carbocycles. The van der Waals surface area contributed by atoms with E-state index in [1.807, 2.05) is 49.4 Å². The highest BCUT2D eigenvalue weighted by Gasteiger charge is 2.07. The molecule has 0 unspecified atom stereocenters. The van der Waals surface area contributed by atoms with Crippen molar-refractivity contribution in [2.24, 2.45) is 0 Å². The van der Waals surface area contributed by atoms with Crippen LogP contribution in [0.5, 0.6) is 17.2 Å². The maximum Gasteiger partial charge on any atom is 0.258 e. The first kappa shape index (κ1) is 19.9. The number of aryl methyl sites for hydroxylation is 1. The van der Waals surface area contributed by atoms with Crippen LogP contribution in [0.1, 0.15) is 5.56 Å². The predicted octanol–water partition coefficient (Wildman–Crippen LogP) is 3.92. The molecule has 0 fully saturated rings. The lowest BCUT2D eigenvalue weighted by molar-refractivity contribution is -0.125. The van der Waals surface area contributed by atoms with E-state index in [-0.39, 0.29) is 25.0 Å². The second-order valence-corrected chi connectivity index (χ2v) is 6.37. The van der Waals surface area contributed by atoms with Crippen LogP contribution in [-0.2, 0) is 9.59 Å². The molecule has 0 bridgehead atoms. The van der Waals surface area contributed by atoms with Gasteiger partial charge in [0.05, 0.1) is 6.54 Å². The maximum atomic E-state index is 12.0. The van der Waals surface area contributed by atoms with Crippen LogP contribution in [0.2, 0.25) is 0 Å². The summed E-state index contributed by atoms with van der Waals surface area (Å²) in [6.45, 7) is 1.72. The molecular formula is C23H22N2O4. The van der Waals surface area contributed by atoms with Crippen LogP contribution in [0.3, 0.4) is 0 Å². The van der Waals surface area contributed by atoms with Crippen LogP contribution in [0.15, 0.2) is 78.9 Å². The number of rotatable bonds is 8. The average molecular weight is 390 g/mol. The van der Waals surface area contributed by atoms with Gasteiger partial charge in [0.25, 0.3) is 5.91 Å². The Hall–Kier alpha value is -3.80. The highest BCUT2D eigenvalue weighted by atomic mass is 16.5. The molecule has 0 heterocycles. The largest absolute Gasteiger partial charge is 0.484 e. The lowest BCUT2D eigenvalue weighted by Gasteiger charge is -2.09. The predicted molar refractivity (Wildman–Crippen MR) is 111 cm³/mol. The molecule has 3 aromatic rings. The van der Waals surface area contributed by atoms with E-state index in [1.54, 1.807) is 36.4 Å². The molecule has 2 amide bonds. The molecular weight excluding hydrogens is 368 g/mol. The van der Waals surface area contributed by atoms with Gasteiger partial charge >= 0.3 is 0 Å². The molecule has 0 aliphatic heterocycles. The average Bonchev–Trinajstić information content (AvgIpc) is 2.74. The van der Waals surface area contributed by atoms with Crippen molar-refractivity contribution in [2.45, 2.75) is 6.92 Å². The van der Waals surface area contributed by atoms with Crippen LogP contribution < -0.4 is 20.1 Å². The van der Waals surface area contributed by atoms with Crippen molar-refractivity contribution in [1.82, 2.24) is 5.32 Å². The third-order valence-corrected chi connectivity index (χ3v) is 3.95. The minimum atomic E-state index is -0.370. The zero-order chi connectivity index (χ0) is 20.5. The van der Waals surface area contributed by atoms with Crippen molar-refractivity contribution < 1.29 is 19.1 Å². The first-order valence-electron chi connectivity index (χ1n) is 9.17. The summed E-state index contributed by atoms with van der Waals surface area (Å²) in [6, 6.07) is 23.8. The summed E-state index contributed by atoms with van der Waals surface area (Å²) in [7, 11) is 0. The van der Waals surface area contributed by atoms with Gasteiger partial charge in [-0.2, -0.15) is 0 Å². The normalized spacial score (nSPS) is 10.1. The first-order chi connectivity index (χ1) is 14.1. The second kappa shape index (κ2) is 9.94. The Labute approximate surface area is 169 Å². The lowest BCUT2D eigenvalue weighted by atomic mass is 10.2. The van der Waals surface area contributed by atoms with Gasteiger partial charge in [0.1, 0.15) is 17.2 Å². The van der Waals surface area contributed by atoms with Gasteiger partial charge in [0, 0.05) is 5.69 Å². The van der Waals surface area contributed by atoms with Gasteiger partial charge in [-0.15, -0.1) is 0 Å². The van der Waals surface area contributed by atoms with E-state index in [9.17, 15) is 9.59 Å². The van der Waals surface area contributed by atoms with Gasteiger partial charge in [0.2, 0.25) is 5.91 Å². The summed E-state index contributed by atoms with van der Waals surface area (Å²) in [6.07, 6.45) is 0. The van der Waals surface area contributed by atoms with Crippen molar-refractivity contribution in [2.75, 3.05) is 18.5 Å². The van der Waals surface area contributed by atoms with Crippen LogP contribution in [0.4, 0.5) is 5.69 Å². The van der Waals surface area contributed by atoms with Crippen molar-refractivity contribution >= 4 is 17.5 Å². The summed E-state index contributed by atoms with van der Waals surface area (Å²) in [5, 5.41) is 5.24. The molecule has 6 nitrogen and oxygen atoms in total. The number of benzene rings is 3. The van der Waals surface area contributed by atoms with Gasteiger partial charge in [-0.05, 0) is 55.5 Å². The van der Waals surface area contributed by atoms with E-state index >= 15 is 0 Å². The summed E-state index contributed by atoms with van der Waals surface area (Å²) >= 11 is 0. The fraction of sp³-hybridized carbons (Fsp3) is 0.130. The molecule has 6 heteroatoms. The van der Waals surface area contributed by atoms with Crippen LogP contribution in [0.25, 0.3) is 0 Å². The van der Waals surface area contributed by atoms with Crippen LogP contribution in [-0.4, -0.2) is 25.0 Å². The van der Waals surface area contributed by atoms with Gasteiger partial charge in [-0.1, -0.05) is 35.9 Å². The third-order valence-electron chi connectivity index (χ3n) is 3.95. The van der Waals surface area contributed by atoms with E-state index in [0.717, 1.165) is 11.3 Å². The Morgan fingerprint density at radius 1 is 0.759 bits per heavy atom. The number of para-hydroxylation sites is 1. The number of carbonyl (C=O) groups is 2. The zero-order valence-electron chi connectivity index (χ0n) is 16.1. The minimum Gasteiger partial charge on any atom is -0.484 e. The molecule has 0 atom stereocenters. The van der Waals surface area contributed by atoms with E-state index in [1.165, 1.54) is 0 Å². The number of nitrogens with one attached hydrogen (secondary N) is 2. The summed E-state index contributed by atoms with van der Waals surface area (Å²) in [5.41, 5.74) is 1.77. The highest BCUT2D eigenvalue weighted by Crippen LogP contribution is 2.23. The summed E-state index contributed by atoms with van der Waals surface area (Å²) in [5.74, 6) is 1.31. The Balaban J connectivity index is 1.40. The Kier molecular flexibility index (Phi) is 6.84. The summed E-state index contributed by atoms with van der Waals surface area (Å²) in [4.78, 5) is 23.8. The monoisotopic (exact) mass is 390 g/mol. The van der Waals surface area contributed by atoms with Crippen LogP contribution >= 0.6 is 0 Å². The van der Waals surface area contributed by atoms with E-state index < -0.39 is 0 Å². The van der Waals surface area contributed by atoms with Crippen LogP contribution in [0, 0.1) is 6.92 Å². The Morgan fingerprint density at radius 2 is 1.38 bits per heavy atom. The topological polar surface area (TPSA) is 76.7 Å². The second-order valence-electron chi connectivity index (χ2n) is 6.37. The lowest BCUT2D eigenvalue weighted by Crippen LogP contribution is -2.35. The zero-order valence-corrected chi connectivity index (χ0v) is 16.1. The van der Waals surface area contributed by atoms with E-state index in [2.05, 4.69) is 10.6 Å². The number of ether oxygens (including phenoxy) is 2. The van der Waals surface area contributed by atoms with Crippen molar-refractivity contribution in [3.8, 4) is 17.2 Å². The number of carbonyl (C=O) groups excluding carboxylic acids is 2. The fourth-order valence-corrected chi connectivity index (χ4v) is 2.45. The van der Waals surface area contributed by atoms with E-state index in [0.29, 0.717) is 17.2 Å². The molecule has 3 aromatic carbocycles. The number of hydrogen-bond acceptors (Lipinski definition) is 4. The molecule has 0 aliphatic rings. The Morgan fingerprint density at radius 3 is 2.03 bits per heavy atom. The minimum absolute atomic E-state index is 0.140. The standard InChI is InChI=1S/C23H22N2O4/c1-17-7-11-20(12-8-17)29-21-13-9-18(10-14-21)25-22(26)15-24-23(27)16-28-19-5-3-2-4-6-19/h2-14H,15-16H2,1H3,(H,24,27)(H,25,26). The molecule has 2 N–H and O–H groups in total.